The number of methoxy groups -OCH3 is 1. The fraction of sp³-hybridized carbons (Fsp3) is 0.222. The van der Waals surface area contributed by atoms with Crippen LogP contribution >= 0.6 is 0 Å². The normalized spacial score (nSPS) is 11.3. The third-order valence-electron chi connectivity index (χ3n) is 5.35. The van der Waals surface area contributed by atoms with Crippen LogP contribution in [-0.4, -0.2) is 23.3 Å². The second-order valence-corrected chi connectivity index (χ2v) is 7.54. The molecular formula is C27H28N2O2. The lowest BCUT2D eigenvalue weighted by molar-refractivity contribution is 0.301. The molecule has 0 radical (unpaired) electrons. The van der Waals surface area contributed by atoms with E-state index in [1.54, 1.807) is 7.11 Å². The molecule has 0 aliphatic carbocycles. The van der Waals surface area contributed by atoms with E-state index in [4.69, 9.17) is 14.5 Å². The Morgan fingerprint density at radius 3 is 2.45 bits per heavy atom. The van der Waals surface area contributed by atoms with Crippen LogP contribution in [0.25, 0.3) is 23.2 Å². The van der Waals surface area contributed by atoms with Gasteiger partial charge in [0.2, 0.25) is 0 Å². The summed E-state index contributed by atoms with van der Waals surface area (Å²) in [6.07, 6.45) is 6.20. The molecule has 4 nitrogen and oxygen atoms in total. The summed E-state index contributed by atoms with van der Waals surface area (Å²) in [7, 11) is 1.68. The number of imidazole rings is 1. The molecule has 0 spiro atoms. The SMILES string of the molecule is COc1ccc(/C=C/c2nc3ccccc3n2CCCCOc2ccccc2C)cc1. The van der Waals surface area contributed by atoms with Gasteiger partial charge in [-0.2, -0.15) is 0 Å². The highest BCUT2D eigenvalue weighted by atomic mass is 16.5. The Balaban J connectivity index is 1.43. The van der Waals surface area contributed by atoms with E-state index in [1.807, 2.05) is 48.5 Å². The molecule has 0 saturated carbocycles. The van der Waals surface area contributed by atoms with E-state index in [-0.39, 0.29) is 0 Å². The molecule has 0 unspecified atom stereocenters. The zero-order chi connectivity index (χ0) is 21.5. The zero-order valence-electron chi connectivity index (χ0n) is 18.1. The third-order valence-corrected chi connectivity index (χ3v) is 5.35. The van der Waals surface area contributed by atoms with Crippen LogP contribution in [0.4, 0.5) is 0 Å². The minimum atomic E-state index is 0.717. The highest BCUT2D eigenvalue weighted by Gasteiger charge is 2.08. The third kappa shape index (κ3) is 5.15. The molecule has 4 aromatic rings. The number of nitrogens with zero attached hydrogens (tertiary/aromatic N) is 2. The quantitative estimate of drug-likeness (QED) is 0.299. The number of rotatable bonds is 9. The van der Waals surface area contributed by atoms with Gasteiger partial charge in [-0.1, -0.05) is 48.5 Å². The number of ether oxygens (including phenoxy) is 2. The molecule has 3 aromatic carbocycles. The highest BCUT2D eigenvalue weighted by molar-refractivity contribution is 5.79. The average molecular weight is 413 g/mol. The molecule has 0 saturated heterocycles. The predicted octanol–water partition coefficient (Wildman–Crippen LogP) is 6.38. The van der Waals surface area contributed by atoms with Gasteiger partial charge in [-0.3, -0.25) is 0 Å². The summed E-state index contributed by atoms with van der Waals surface area (Å²) in [4.78, 5) is 4.84. The van der Waals surface area contributed by atoms with Gasteiger partial charge in [-0.15, -0.1) is 0 Å². The molecule has 0 bridgehead atoms. The van der Waals surface area contributed by atoms with E-state index in [0.717, 1.165) is 53.3 Å². The van der Waals surface area contributed by atoms with E-state index >= 15 is 0 Å². The number of aryl methyl sites for hydroxylation is 2. The largest absolute Gasteiger partial charge is 0.497 e. The Bertz CT molecular complexity index is 1160. The summed E-state index contributed by atoms with van der Waals surface area (Å²) < 4.78 is 13.5. The minimum Gasteiger partial charge on any atom is -0.497 e. The minimum absolute atomic E-state index is 0.717. The number of fused-ring (bicyclic) bond motifs is 1. The smallest absolute Gasteiger partial charge is 0.133 e. The Labute approximate surface area is 183 Å². The van der Waals surface area contributed by atoms with Gasteiger partial charge >= 0.3 is 0 Å². The molecule has 4 heteroatoms. The lowest BCUT2D eigenvalue weighted by atomic mass is 10.2. The molecule has 1 heterocycles. The van der Waals surface area contributed by atoms with E-state index < -0.39 is 0 Å². The van der Waals surface area contributed by atoms with Crippen molar-refractivity contribution in [2.75, 3.05) is 13.7 Å². The van der Waals surface area contributed by atoms with Crippen molar-refractivity contribution >= 4 is 23.2 Å². The predicted molar refractivity (Wildman–Crippen MR) is 128 cm³/mol. The highest BCUT2D eigenvalue weighted by Crippen LogP contribution is 2.20. The van der Waals surface area contributed by atoms with Crippen LogP contribution in [0.1, 0.15) is 29.8 Å². The van der Waals surface area contributed by atoms with Crippen molar-refractivity contribution in [1.29, 1.82) is 0 Å². The first kappa shape index (κ1) is 20.7. The molecule has 0 aliphatic rings. The second kappa shape index (κ2) is 9.98. The molecule has 1 aromatic heterocycles. The van der Waals surface area contributed by atoms with E-state index in [0.29, 0.717) is 6.61 Å². The summed E-state index contributed by atoms with van der Waals surface area (Å²) in [5.41, 5.74) is 4.48. The van der Waals surface area contributed by atoms with Gasteiger partial charge in [0, 0.05) is 6.54 Å². The van der Waals surface area contributed by atoms with Crippen LogP contribution in [0.5, 0.6) is 11.5 Å². The first-order valence-electron chi connectivity index (χ1n) is 10.7. The van der Waals surface area contributed by atoms with Crippen LogP contribution in [0.15, 0.2) is 72.8 Å². The maximum Gasteiger partial charge on any atom is 0.133 e. The van der Waals surface area contributed by atoms with Crippen molar-refractivity contribution in [3.8, 4) is 11.5 Å². The molecule has 4 rings (SSSR count). The second-order valence-electron chi connectivity index (χ2n) is 7.54. The summed E-state index contributed by atoms with van der Waals surface area (Å²) in [6.45, 7) is 3.70. The fourth-order valence-electron chi connectivity index (χ4n) is 3.61. The number of benzene rings is 3. The Morgan fingerprint density at radius 2 is 1.65 bits per heavy atom. The summed E-state index contributed by atoms with van der Waals surface area (Å²) in [6, 6.07) is 24.5. The van der Waals surface area contributed by atoms with Gasteiger partial charge in [0.1, 0.15) is 17.3 Å². The van der Waals surface area contributed by atoms with Crippen LogP contribution in [0.2, 0.25) is 0 Å². The number of para-hydroxylation sites is 3. The molecular weight excluding hydrogens is 384 g/mol. The lowest BCUT2D eigenvalue weighted by Gasteiger charge is -2.10. The number of unbranched alkanes of at least 4 members (excludes halogenated alkanes) is 1. The first-order valence-corrected chi connectivity index (χ1v) is 10.7. The van der Waals surface area contributed by atoms with Crippen LogP contribution in [0.3, 0.4) is 0 Å². The molecule has 0 aliphatic heterocycles. The Hall–Kier alpha value is -3.53. The maximum atomic E-state index is 5.95. The van der Waals surface area contributed by atoms with E-state index in [2.05, 4.69) is 47.9 Å². The van der Waals surface area contributed by atoms with Gasteiger partial charge in [-0.25, -0.2) is 4.98 Å². The monoisotopic (exact) mass is 412 g/mol. The molecule has 158 valence electrons. The average Bonchev–Trinajstić information content (AvgIpc) is 3.16. The molecule has 0 N–H and O–H groups in total. The van der Waals surface area contributed by atoms with Crippen molar-refractivity contribution in [3.05, 3.63) is 89.7 Å². The summed E-state index contributed by atoms with van der Waals surface area (Å²) >= 11 is 0. The summed E-state index contributed by atoms with van der Waals surface area (Å²) in [5, 5.41) is 0. The van der Waals surface area contributed by atoms with Crippen LogP contribution in [0, 0.1) is 6.92 Å². The molecule has 0 atom stereocenters. The molecule has 31 heavy (non-hydrogen) atoms. The van der Waals surface area contributed by atoms with Crippen molar-refractivity contribution < 1.29 is 9.47 Å². The number of aromatic nitrogens is 2. The number of hydrogen-bond acceptors (Lipinski definition) is 3. The molecule has 0 amide bonds. The van der Waals surface area contributed by atoms with Gasteiger partial charge < -0.3 is 14.0 Å². The first-order chi connectivity index (χ1) is 15.2. The topological polar surface area (TPSA) is 36.3 Å². The van der Waals surface area contributed by atoms with Gasteiger partial charge in [-0.05, 0) is 67.3 Å². The van der Waals surface area contributed by atoms with E-state index in [9.17, 15) is 0 Å². The molecule has 0 fully saturated rings. The Kier molecular flexibility index (Phi) is 6.68. The van der Waals surface area contributed by atoms with Crippen LogP contribution < -0.4 is 9.47 Å². The Morgan fingerprint density at radius 1 is 0.871 bits per heavy atom. The van der Waals surface area contributed by atoms with Gasteiger partial charge in [0.25, 0.3) is 0 Å². The number of hydrogen-bond donors (Lipinski definition) is 0. The van der Waals surface area contributed by atoms with Crippen molar-refractivity contribution in [3.63, 3.8) is 0 Å². The van der Waals surface area contributed by atoms with E-state index in [1.165, 1.54) is 5.56 Å². The van der Waals surface area contributed by atoms with Gasteiger partial charge in [0.15, 0.2) is 0 Å². The standard InChI is InChI=1S/C27H28N2O2/c1-21-9-3-6-12-26(21)31-20-8-7-19-29-25-11-5-4-10-24(25)28-27(29)18-15-22-13-16-23(30-2)17-14-22/h3-6,9-18H,7-8,19-20H2,1-2H3/b18-15+. The summed E-state index contributed by atoms with van der Waals surface area (Å²) in [5.74, 6) is 2.80. The zero-order valence-corrected chi connectivity index (χ0v) is 18.1. The van der Waals surface area contributed by atoms with Gasteiger partial charge in [0.05, 0.1) is 24.8 Å². The van der Waals surface area contributed by atoms with Crippen molar-refractivity contribution in [2.24, 2.45) is 0 Å². The maximum absolute atomic E-state index is 5.95. The lowest BCUT2D eigenvalue weighted by Crippen LogP contribution is -2.04. The van der Waals surface area contributed by atoms with Crippen molar-refractivity contribution in [2.45, 2.75) is 26.3 Å². The van der Waals surface area contributed by atoms with Crippen molar-refractivity contribution in [1.82, 2.24) is 9.55 Å². The fourth-order valence-corrected chi connectivity index (χ4v) is 3.61. The van der Waals surface area contributed by atoms with Crippen LogP contribution in [-0.2, 0) is 6.54 Å².